The van der Waals surface area contributed by atoms with Crippen molar-refractivity contribution in [2.45, 2.75) is 12.3 Å². The smallest absolute Gasteiger partial charge is 0.284 e. The van der Waals surface area contributed by atoms with Gasteiger partial charge in [0.1, 0.15) is 0 Å². The summed E-state index contributed by atoms with van der Waals surface area (Å²) in [7, 11) is -4.12. The minimum absolute atomic E-state index is 0.220. The molecular formula is C4H9NO3S. The molecule has 0 saturated heterocycles. The quantitative estimate of drug-likeness (QED) is 0.420. The summed E-state index contributed by atoms with van der Waals surface area (Å²) in [6.07, 6.45) is 0. The molecule has 0 amide bonds. The van der Waals surface area contributed by atoms with Crippen molar-refractivity contribution < 1.29 is 13.0 Å². The van der Waals surface area contributed by atoms with Crippen molar-refractivity contribution in [2.75, 3.05) is 0 Å². The van der Waals surface area contributed by atoms with Crippen LogP contribution < -0.4 is 5.73 Å². The van der Waals surface area contributed by atoms with E-state index in [2.05, 4.69) is 6.58 Å². The van der Waals surface area contributed by atoms with Gasteiger partial charge in [-0.1, -0.05) is 6.58 Å². The Kier molecular flexibility index (Phi) is 2.36. The summed E-state index contributed by atoms with van der Waals surface area (Å²) in [6.45, 7) is 4.69. The first-order valence-corrected chi connectivity index (χ1v) is 3.73. The van der Waals surface area contributed by atoms with Crippen LogP contribution in [0.4, 0.5) is 0 Å². The maximum Gasteiger partial charge on any atom is 0.284 e. The molecule has 0 aliphatic rings. The lowest BCUT2D eigenvalue weighted by Crippen LogP contribution is -2.30. The molecule has 5 heteroatoms. The van der Waals surface area contributed by atoms with Crippen molar-refractivity contribution in [3.63, 3.8) is 0 Å². The van der Waals surface area contributed by atoms with Gasteiger partial charge in [-0.3, -0.25) is 4.55 Å². The Morgan fingerprint density at radius 3 is 2.11 bits per heavy atom. The van der Waals surface area contributed by atoms with Crippen LogP contribution in [0.3, 0.4) is 0 Å². The van der Waals surface area contributed by atoms with Crippen LogP contribution in [0.2, 0.25) is 0 Å². The number of nitrogens with two attached hydrogens (primary N) is 1. The molecule has 3 N–H and O–H groups in total. The normalized spacial score (nSPS) is 15.0. The largest absolute Gasteiger partial charge is 0.310 e. The maximum atomic E-state index is 10.1. The molecule has 0 fully saturated rings. The van der Waals surface area contributed by atoms with Crippen molar-refractivity contribution in [3.8, 4) is 0 Å². The summed E-state index contributed by atoms with van der Waals surface area (Å²) in [5.74, 6) is 0. The molecule has 1 unspecified atom stereocenters. The van der Waals surface area contributed by atoms with E-state index >= 15 is 0 Å². The summed E-state index contributed by atoms with van der Waals surface area (Å²) >= 11 is 0. The van der Waals surface area contributed by atoms with E-state index in [0.29, 0.717) is 0 Å². The molecule has 0 aliphatic carbocycles. The minimum Gasteiger partial charge on any atom is -0.310 e. The van der Waals surface area contributed by atoms with Gasteiger partial charge in [-0.05, 0) is 12.5 Å². The lowest BCUT2D eigenvalue weighted by molar-refractivity contribution is 0.474. The zero-order chi connectivity index (χ0) is 7.65. The third-order valence-corrected chi connectivity index (χ3v) is 1.85. The van der Waals surface area contributed by atoms with Crippen molar-refractivity contribution in [1.82, 2.24) is 0 Å². The summed E-state index contributed by atoms with van der Waals surface area (Å²) in [5, 5.41) is -1.35. The molecule has 1 atom stereocenters. The van der Waals surface area contributed by atoms with E-state index in [9.17, 15) is 8.42 Å². The van der Waals surface area contributed by atoms with Crippen molar-refractivity contribution in [3.05, 3.63) is 12.2 Å². The zero-order valence-electron chi connectivity index (χ0n) is 5.03. The van der Waals surface area contributed by atoms with Gasteiger partial charge in [0.2, 0.25) is 0 Å². The first-order valence-electron chi connectivity index (χ1n) is 2.23. The fourth-order valence-corrected chi connectivity index (χ4v) is 0.763. The van der Waals surface area contributed by atoms with Gasteiger partial charge in [-0.15, -0.1) is 0 Å². The highest BCUT2D eigenvalue weighted by Gasteiger charge is 2.17. The van der Waals surface area contributed by atoms with Gasteiger partial charge >= 0.3 is 0 Å². The molecule has 0 aromatic carbocycles. The van der Waals surface area contributed by atoms with Crippen LogP contribution in [0.5, 0.6) is 0 Å². The van der Waals surface area contributed by atoms with Crippen molar-refractivity contribution in [2.24, 2.45) is 5.73 Å². The van der Waals surface area contributed by atoms with E-state index < -0.39 is 15.5 Å². The SMILES string of the molecule is C=C(C)C(N)S(=O)(=O)O. The van der Waals surface area contributed by atoms with E-state index in [-0.39, 0.29) is 5.57 Å². The fourth-order valence-electron chi connectivity index (χ4n) is 0.254. The van der Waals surface area contributed by atoms with Crippen LogP contribution in [-0.2, 0) is 10.1 Å². The van der Waals surface area contributed by atoms with E-state index in [1.165, 1.54) is 6.92 Å². The molecule has 0 aliphatic heterocycles. The second-order valence-electron chi connectivity index (χ2n) is 1.78. The third kappa shape index (κ3) is 2.59. The van der Waals surface area contributed by atoms with Gasteiger partial charge in [0, 0.05) is 0 Å². The monoisotopic (exact) mass is 151 g/mol. The van der Waals surface area contributed by atoms with E-state index in [4.69, 9.17) is 10.3 Å². The Hall–Kier alpha value is -0.390. The maximum absolute atomic E-state index is 10.1. The fraction of sp³-hybridized carbons (Fsp3) is 0.500. The van der Waals surface area contributed by atoms with Crippen LogP contribution in [-0.4, -0.2) is 18.3 Å². The number of hydrogen-bond acceptors (Lipinski definition) is 3. The molecule has 54 valence electrons. The highest BCUT2D eigenvalue weighted by molar-refractivity contribution is 7.86. The summed E-state index contributed by atoms with van der Waals surface area (Å²) in [6, 6.07) is 0. The van der Waals surface area contributed by atoms with Gasteiger partial charge in [-0.25, -0.2) is 0 Å². The highest BCUT2D eigenvalue weighted by atomic mass is 32.2. The summed E-state index contributed by atoms with van der Waals surface area (Å²) < 4.78 is 28.5. The lowest BCUT2D eigenvalue weighted by atomic mass is 10.4. The molecule has 0 aromatic rings. The predicted octanol–water partition coefficient (Wildman–Crippen LogP) is -0.265. The summed E-state index contributed by atoms with van der Waals surface area (Å²) in [4.78, 5) is 0. The molecule has 9 heavy (non-hydrogen) atoms. The van der Waals surface area contributed by atoms with Crippen LogP contribution in [0, 0.1) is 0 Å². The van der Waals surface area contributed by atoms with E-state index in [1.54, 1.807) is 0 Å². The Labute approximate surface area is 54.1 Å². The first-order chi connectivity index (χ1) is 3.85. The Morgan fingerprint density at radius 1 is 1.78 bits per heavy atom. The Morgan fingerprint density at radius 2 is 2.11 bits per heavy atom. The number of hydrogen-bond donors (Lipinski definition) is 2. The van der Waals surface area contributed by atoms with Gasteiger partial charge in [0.25, 0.3) is 10.1 Å². The van der Waals surface area contributed by atoms with Gasteiger partial charge in [0.05, 0.1) is 0 Å². The second-order valence-corrected chi connectivity index (χ2v) is 3.32. The van der Waals surface area contributed by atoms with Crippen LogP contribution in [0.25, 0.3) is 0 Å². The highest BCUT2D eigenvalue weighted by Crippen LogP contribution is 2.00. The van der Waals surface area contributed by atoms with Crippen molar-refractivity contribution >= 4 is 10.1 Å². The van der Waals surface area contributed by atoms with Gasteiger partial charge in [-0.2, -0.15) is 8.42 Å². The van der Waals surface area contributed by atoms with Gasteiger partial charge in [0.15, 0.2) is 5.37 Å². The van der Waals surface area contributed by atoms with Crippen LogP contribution in [0.15, 0.2) is 12.2 Å². The Bertz CT molecular complexity index is 206. The zero-order valence-corrected chi connectivity index (χ0v) is 5.85. The second kappa shape index (κ2) is 2.47. The molecule has 0 bridgehead atoms. The topological polar surface area (TPSA) is 80.4 Å². The Balaban J connectivity index is 4.43. The third-order valence-electron chi connectivity index (χ3n) is 0.807. The molecule has 4 nitrogen and oxygen atoms in total. The summed E-state index contributed by atoms with van der Waals surface area (Å²) in [5.41, 5.74) is 5.18. The minimum atomic E-state index is -4.12. The molecule has 0 spiro atoms. The average molecular weight is 151 g/mol. The molecule has 0 saturated carbocycles. The lowest BCUT2D eigenvalue weighted by Gasteiger charge is -2.04. The van der Waals surface area contributed by atoms with E-state index in [0.717, 1.165) is 0 Å². The predicted molar refractivity (Wildman–Crippen MR) is 34.3 cm³/mol. The molecular weight excluding hydrogens is 142 g/mol. The molecule has 0 heterocycles. The first kappa shape index (κ1) is 8.61. The van der Waals surface area contributed by atoms with Gasteiger partial charge < -0.3 is 5.73 Å². The molecule has 0 aromatic heterocycles. The average Bonchev–Trinajstić information content (AvgIpc) is 1.62. The standard InChI is InChI=1S/C4H9NO3S/c1-3(2)4(5)9(6,7)8/h4H,1,5H2,2H3,(H,6,7,8). The number of rotatable bonds is 2. The molecule has 0 radical (unpaired) electrons. The van der Waals surface area contributed by atoms with E-state index in [1.807, 2.05) is 0 Å². The van der Waals surface area contributed by atoms with Crippen molar-refractivity contribution in [1.29, 1.82) is 0 Å². The molecule has 0 rings (SSSR count). The van der Waals surface area contributed by atoms with Crippen LogP contribution >= 0.6 is 0 Å². The van der Waals surface area contributed by atoms with Crippen LogP contribution in [0.1, 0.15) is 6.92 Å².